The Morgan fingerprint density at radius 3 is 2.55 bits per heavy atom. The molecule has 0 radical (unpaired) electrons. The van der Waals surface area contributed by atoms with E-state index in [1.807, 2.05) is 0 Å². The fraction of sp³-hybridized carbons (Fsp3) is 0.118. The van der Waals surface area contributed by atoms with E-state index in [4.69, 9.17) is 4.74 Å². The van der Waals surface area contributed by atoms with Crippen LogP contribution in [0.25, 0.3) is 0 Å². The number of hydrogen-bond acceptors (Lipinski definition) is 8. The van der Waals surface area contributed by atoms with Crippen molar-refractivity contribution in [1.82, 2.24) is 14.8 Å². The third-order valence-corrected chi connectivity index (χ3v) is 3.93. The first-order valence-corrected chi connectivity index (χ1v) is 8.13. The highest BCUT2D eigenvalue weighted by Crippen LogP contribution is 2.30. The van der Waals surface area contributed by atoms with Gasteiger partial charge in [0.25, 0.3) is 11.6 Å². The molecule has 3 aromatic rings. The number of nitrogens with zero attached hydrogens (tertiary/aromatic N) is 5. The molecule has 0 saturated carbocycles. The van der Waals surface area contributed by atoms with Crippen LogP contribution in [0.1, 0.15) is 16.2 Å². The maximum Gasteiger partial charge on any atom is 0.322 e. The van der Waals surface area contributed by atoms with Crippen molar-refractivity contribution < 1.29 is 19.4 Å². The molecule has 0 aliphatic heterocycles. The zero-order valence-electron chi connectivity index (χ0n) is 15.2. The van der Waals surface area contributed by atoms with E-state index in [9.17, 15) is 25.0 Å². The minimum atomic E-state index is -0.881. The minimum absolute atomic E-state index is 0.0145. The van der Waals surface area contributed by atoms with Crippen LogP contribution in [-0.4, -0.2) is 30.5 Å². The number of nitro benzene ring substituents is 1. The molecule has 2 heterocycles. The van der Waals surface area contributed by atoms with Crippen LogP contribution in [0.4, 0.5) is 17.1 Å². The van der Waals surface area contributed by atoms with Crippen LogP contribution in [0, 0.1) is 27.2 Å². The van der Waals surface area contributed by atoms with Crippen LogP contribution < -0.4 is 10.1 Å². The quantitative estimate of drug-likeness (QED) is 0.490. The molecule has 0 aliphatic rings. The van der Waals surface area contributed by atoms with Crippen LogP contribution in [0.3, 0.4) is 0 Å². The van der Waals surface area contributed by atoms with Crippen molar-refractivity contribution in [3.63, 3.8) is 0 Å². The second-order valence-corrected chi connectivity index (χ2v) is 5.88. The number of anilines is 1. The van der Waals surface area contributed by atoms with E-state index >= 15 is 0 Å². The van der Waals surface area contributed by atoms with Gasteiger partial charge in [-0.05, 0) is 19.1 Å². The van der Waals surface area contributed by atoms with Gasteiger partial charge in [0, 0.05) is 25.4 Å². The van der Waals surface area contributed by atoms with Gasteiger partial charge < -0.3 is 10.1 Å². The number of amides is 1. The van der Waals surface area contributed by atoms with Crippen LogP contribution in [0.2, 0.25) is 0 Å². The normalized spacial score (nSPS) is 10.4. The molecule has 0 aliphatic carbocycles. The van der Waals surface area contributed by atoms with E-state index in [1.165, 1.54) is 43.2 Å². The van der Waals surface area contributed by atoms with E-state index in [0.29, 0.717) is 5.75 Å². The topological polar surface area (TPSA) is 155 Å². The van der Waals surface area contributed by atoms with Crippen LogP contribution >= 0.6 is 0 Å². The standard InChI is InChI=1S/C17H14N6O6/c1-10-16(23(27)28)15(20-21(10)2)17(24)19-11-6-12(22(25)26)8-14(7-11)29-13-4-3-5-18-9-13/h3-9H,1-2H3,(H,19,24). The van der Waals surface area contributed by atoms with Gasteiger partial charge in [0.15, 0.2) is 0 Å². The molecule has 2 aromatic heterocycles. The summed E-state index contributed by atoms with van der Waals surface area (Å²) >= 11 is 0. The highest BCUT2D eigenvalue weighted by molar-refractivity contribution is 6.06. The van der Waals surface area contributed by atoms with Gasteiger partial charge in [-0.25, -0.2) is 0 Å². The van der Waals surface area contributed by atoms with Crippen molar-refractivity contribution in [2.45, 2.75) is 6.92 Å². The Labute approximate surface area is 163 Å². The van der Waals surface area contributed by atoms with Gasteiger partial charge in [-0.15, -0.1) is 0 Å². The van der Waals surface area contributed by atoms with Gasteiger partial charge in [-0.2, -0.15) is 5.10 Å². The smallest absolute Gasteiger partial charge is 0.322 e. The van der Waals surface area contributed by atoms with Crippen LogP contribution in [0.15, 0.2) is 42.7 Å². The zero-order chi connectivity index (χ0) is 21.1. The number of aryl methyl sites for hydroxylation is 1. The number of hydrogen-bond donors (Lipinski definition) is 1. The zero-order valence-corrected chi connectivity index (χ0v) is 15.2. The lowest BCUT2D eigenvalue weighted by atomic mass is 10.2. The van der Waals surface area contributed by atoms with Gasteiger partial charge in [0.1, 0.15) is 17.2 Å². The molecule has 1 amide bonds. The first kappa shape index (κ1) is 19.4. The molecule has 0 spiro atoms. The summed E-state index contributed by atoms with van der Waals surface area (Å²) in [7, 11) is 1.46. The van der Waals surface area contributed by atoms with Crippen LogP contribution in [0.5, 0.6) is 11.5 Å². The van der Waals surface area contributed by atoms with Crippen molar-refractivity contribution in [2.24, 2.45) is 7.05 Å². The molecular formula is C17H14N6O6. The first-order valence-electron chi connectivity index (χ1n) is 8.13. The molecule has 12 heteroatoms. The summed E-state index contributed by atoms with van der Waals surface area (Å²) in [5.74, 6) is -0.469. The summed E-state index contributed by atoms with van der Waals surface area (Å²) in [6.07, 6.45) is 2.95. The lowest BCUT2D eigenvalue weighted by molar-refractivity contribution is -0.385. The summed E-state index contributed by atoms with van der Waals surface area (Å²) in [6.45, 7) is 1.45. The largest absolute Gasteiger partial charge is 0.455 e. The molecule has 3 rings (SSSR count). The first-order chi connectivity index (χ1) is 13.8. The van der Waals surface area contributed by atoms with Gasteiger partial charge in [0.05, 0.1) is 27.8 Å². The number of benzene rings is 1. The summed E-state index contributed by atoms with van der Waals surface area (Å²) in [5.41, 5.74) is -0.979. The predicted molar refractivity (Wildman–Crippen MR) is 100.0 cm³/mol. The van der Waals surface area contributed by atoms with Gasteiger partial charge in [-0.1, -0.05) is 0 Å². The molecular weight excluding hydrogens is 384 g/mol. The fourth-order valence-electron chi connectivity index (χ4n) is 2.52. The molecule has 1 N–H and O–H groups in total. The lowest BCUT2D eigenvalue weighted by Gasteiger charge is -2.08. The van der Waals surface area contributed by atoms with Crippen LogP contribution in [-0.2, 0) is 7.05 Å². The van der Waals surface area contributed by atoms with Crippen molar-refractivity contribution in [3.05, 3.63) is 74.3 Å². The Hall–Kier alpha value is -4.35. The highest BCUT2D eigenvalue weighted by Gasteiger charge is 2.29. The number of ether oxygens (including phenoxy) is 1. The average Bonchev–Trinajstić information content (AvgIpc) is 2.97. The average molecular weight is 398 g/mol. The number of nitrogens with one attached hydrogen (secondary N) is 1. The Morgan fingerprint density at radius 1 is 1.17 bits per heavy atom. The maximum atomic E-state index is 12.5. The minimum Gasteiger partial charge on any atom is -0.455 e. The number of carbonyl (C=O) groups is 1. The summed E-state index contributed by atoms with van der Waals surface area (Å²) < 4.78 is 6.74. The molecule has 0 saturated heterocycles. The van der Waals surface area contributed by atoms with E-state index in [-0.39, 0.29) is 22.8 Å². The molecule has 0 bridgehead atoms. The summed E-state index contributed by atoms with van der Waals surface area (Å²) in [5, 5.41) is 28.8. The molecule has 29 heavy (non-hydrogen) atoms. The lowest BCUT2D eigenvalue weighted by Crippen LogP contribution is -2.14. The molecule has 0 fully saturated rings. The van der Waals surface area contributed by atoms with E-state index < -0.39 is 27.1 Å². The molecule has 12 nitrogen and oxygen atoms in total. The van der Waals surface area contributed by atoms with Crippen molar-refractivity contribution in [3.8, 4) is 11.5 Å². The highest BCUT2D eigenvalue weighted by atomic mass is 16.6. The van der Waals surface area contributed by atoms with Crippen molar-refractivity contribution in [2.75, 3.05) is 5.32 Å². The third-order valence-electron chi connectivity index (χ3n) is 3.93. The number of nitro groups is 2. The molecule has 1 aromatic carbocycles. The van der Waals surface area contributed by atoms with E-state index in [1.54, 1.807) is 12.1 Å². The number of non-ortho nitro benzene ring substituents is 1. The number of carbonyl (C=O) groups excluding carboxylic acids is 1. The number of pyridine rings is 1. The third kappa shape index (κ3) is 4.16. The number of rotatable bonds is 6. The predicted octanol–water partition coefficient (Wildman–Crippen LogP) is 2.98. The van der Waals surface area contributed by atoms with Gasteiger partial charge in [0.2, 0.25) is 5.69 Å². The second kappa shape index (κ2) is 7.72. The van der Waals surface area contributed by atoms with E-state index in [0.717, 1.165) is 6.07 Å². The second-order valence-electron chi connectivity index (χ2n) is 5.88. The number of aromatic nitrogens is 3. The Kier molecular flexibility index (Phi) is 5.17. The SMILES string of the molecule is Cc1c([N+](=O)[O-])c(C(=O)Nc2cc(Oc3cccnc3)cc([N+](=O)[O-])c2)nn1C. The van der Waals surface area contributed by atoms with E-state index in [2.05, 4.69) is 15.4 Å². The Balaban J connectivity index is 1.94. The van der Waals surface area contributed by atoms with Crippen molar-refractivity contribution in [1.29, 1.82) is 0 Å². The molecule has 0 unspecified atom stereocenters. The van der Waals surface area contributed by atoms with Crippen molar-refractivity contribution >= 4 is 23.0 Å². The molecule has 148 valence electrons. The molecule has 0 atom stereocenters. The Morgan fingerprint density at radius 2 is 1.93 bits per heavy atom. The monoisotopic (exact) mass is 398 g/mol. The summed E-state index contributed by atoms with van der Waals surface area (Å²) in [6, 6.07) is 6.85. The van der Waals surface area contributed by atoms with Gasteiger partial charge in [-0.3, -0.25) is 34.7 Å². The maximum absolute atomic E-state index is 12.5. The fourth-order valence-corrected chi connectivity index (χ4v) is 2.52. The van der Waals surface area contributed by atoms with Gasteiger partial charge >= 0.3 is 5.69 Å². The Bertz CT molecular complexity index is 1110. The summed E-state index contributed by atoms with van der Waals surface area (Å²) in [4.78, 5) is 37.6.